The molecule has 0 bridgehead atoms. The fourth-order valence-electron chi connectivity index (χ4n) is 5.32. The number of nitrogens with one attached hydrogen (secondary N) is 1. The van der Waals surface area contributed by atoms with Crippen molar-refractivity contribution in [3.63, 3.8) is 0 Å². The molecule has 0 radical (unpaired) electrons. The summed E-state index contributed by atoms with van der Waals surface area (Å²) >= 11 is 0. The van der Waals surface area contributed by atoms with Crippen LogP contribution in [-0.4, -0.2) is 27.5 Å². The summed E-state index contributed by atoms with van der Waals surface area (Å²) in [6.07, 6.45) is 6.99. The van der Waals surface area contributed by atoms with Crippen LogP contribution in [0.25, 0.3) is 33.0 Å². The van der Waals surface area contributed by atoms with E-state index >= 15 is 0 Å². The quantitative estimate of drug-likeness (QED) is 0.482. The van der Waals surface area contributed by atoms with Crippen molar-refractivity contribution >= 4 is 44.8 Å². The normalized spacial score (nSPS) is 15.9. The number of aryl methyl sites for hydroxylation is 3. The molecule has 0 aliphatic carbocycles. The maximum Gasteiger partial charge on any atom is 0.259 e. The number of nitrogens with two attached hydrogens (primary N) is 1. The monoisotopic (exact) mass is 424 g/mol. The van der Waals surface area contributed by atoms with Crippen LogP contribution in [0.2, 0.25) is 0 Å². The molecule has 0 spiro atoms. The highest BCUT2D eigenvalue weighted by molar-refractivity contribution is 6.50. The van der Waals surface area contributed by atoms with Crippen LogP contribution in [0.5, 0.6) is 0 Å². The predicted molar refractivity (Wildman–Crippen MR) is 126 cm³/mol. The van der Waals surface area contributed by atoms with E-state index in [1.54, 1.807) is 0 Å². The molecule has 0 saturated heterocycles. The van der Waals surface area contributed by atoms with Gasteiger partial charge in [-0.05, 0) is 37.4 Å². The van der Waals surface area contributed by atoms with Crippen LogP contribution >= 0.6 is 0 Å². The average Bonchev–Trinajstić information content (AvgIpc) is 3.44. The van der Waals surface area contributed by atoms with Crippen molar-refractivity contribution in [3.05, 3.63) is 71.5 Å². The third-order valence-corrected chi connectivity index (χ3v) is 6.69. The number of imide groups is 1. The number of para-hydroxylation sites is 2. The summed E-state index contributed by atoms with van der Waals surface area (Å²) in [5.41, 5.74) is 11.8. The van der Waals surface area contributed by atoms with Gasteiger partial charge in [0.05, 0.1) is 16.7 Å². The number of nitrogens with zero attached hydrogens (tertiary/aromatic N) is 2. The summed E-state index contributed by atoms with van der Waals surface area (Å²) in [6, 6.07) is 14.3. The average molecular weight is 425 g/mol. The first-order valence-corrected chi connectivity index (χ1v) is 11.2. The Labute approximate surface area is 185 Å². The van der Waals surface area contributed by atoms with Crippen molar-refractivity contribution in [2.45, 2.75) is 32.4 Å². The predicted octanol–water partition coefficient (Wildman–Crippen LogP) is 3.46. The van der Waals surface area contributed by atoms with Crippen LogP contribution in [0.4, 0.5) is 0 Å². The van der Waals surface area contributed by atoms with Gasteiger partial charge >= 0.3 is 0 Å². The zero-order chi connectivity index (χ0) is 21.8. The van der Waals surface area contributed by atoms with Crippen molar-refractivity contribution in [1.29, 1.82) is 0 Å². The molecule has 4 heterocycles. The van der Waals surface area contributed by atoms with Crippen LogP contribution in [0.15, 0.2) is 54.9 Å². The molecule has 0 saturated carbocycles. The Hall–Kier alpha value is -3.64. The van der Waals surface area contributed by atoms with E-state index in [1.807, 2.05) is 36.5 Å². The standard InChI is InChI=1S/C26H24N4O2/c27-11-5-13-29-14-19(17-8-1-2-10-21(17)29)22-23(26(32)28-25(22)31)20-15-30-12-4-7-16-6-3-9-18(20)24(16)30/h1-3,6,8-10,14-15H,4-5,7,11-13,27H2,(H,28,31,32). The van der Waals surface area contributed by atoms with Crippen molar-refractivity contribution in [2.24, 2.45) is 5.73 Å². The summed E-state index contributed by atoms with van der Waals surface area (Å²) in [7, 11) is 0. The van der Waals surface area contributed by atoms with Gasteiger partial charge in [0.1, 0.15) is 0 Å². The van der Waals surface area contributed by atoms with E-state index in [0.29, 0.717) is 17.7 Å². The first kappa shape index (κ1) is 19.1. The molecule has 2 aromatic heterocycles. The van der Waals surface area contributed by atoms with Crippen LogP contribution in [0.1, 0.15) is 29.5 Å². The smallest absolute Gasteiger partial charge is 0.259 e. The zero-order valence-electron chi connectivity index (χ0n) is 17.7. The number of amides is 2. The zero-order valence-corrected chi connectivity index (χ0v) is 17.7. The van der Waals surface area contributed by atoms with Crippen molar-refractivity contribution < 1.29 is 9.59 Å². The second kappa shape index (κ2) is 7.21. The molecule has 3 N–H and O–H groups in total. The third kappa shape index (κ3) is 2.69. The van der Waals surface area contributed by atoms with Gasteiger partial charge in [-0.3, -0.25) is 14.9 Å². The number of aromatic nitrogens is 2. The summed E-state index contributed by atoms with van der Waals surface area (Å²) in [4.78, 5) is 26.2. The molecule has 32 heavy (non-hydrogen) atoms. The number of fused-ring (bicyclic) bond motifs is 1. The van der Waals surface area contributed by atoms with Gasteiger partial charge in [-0.2, -0.15) is 0 Å². The molecular formula is C26H24N4O2. The maximum absolute atomic E-state index is 13.1. The van der Waals surface area contributed by atoms with Gasteiger partial charge in [-0.1, -0.05) is 36.4 Å². The molecule has 6 nitrogen and oxygen atoms in total. The molecule has 2 aliphatic heterocycles. The van der Waals surface area contributed by atoms with Gasteiger partial charge in [0.2, 0.25) is 0 Å². The second-order valence-electron chi connectivity index (χ2n) is 8.58. The minimum absolute atomic E-state index is 0.326. The van der Waals surface area contributed by atoms with E-state index in [-0.39, 0.29) is 11.8 Å². The Kier molecular flexibility index (Phi) is 4.30. The molecular weight excluding hydrogens is 400 g/mol. The van der Waals surface area contributed by atoms with Crippen LogP contribution in [-0.2, 0) is 29.1 Å². The number of benzene rings is 2. The first-order valence-electron chi connectivity index (χ1n) is 11.2. The Balaban J connectivity index is 1.64. The molecule has 2 amide bonds. The van der Waals surface area contributed by atoms with Crippen molar-refractivity contribution in [3.8, 4) is 0 Å². The largest absolute Gasteiger partial charge is 0.347 e. The lowest BCUT2D eigenvalue weighted by atomic mass is 9.94. The van der Waals surface area contributed by atoms with E-state index in [9.17, 15) is 9.59 Å². The lowest BCUT2D eigenvalue weighted by Gasteiger charge is -2.14. The Morgan fingerprint density at radius 1 is 0.906 bits per heavy atom. The van der Waals surface area contributed by atoms with Crippen molar-refractivity contribution in [2.75, 3.05) is 6.54 Å². The molecule has 0 unspecified atom stereocenters. The van der Waals surface area contributed by atoms with Gasteiger partial charge in [0, 0.05) is 52.9 Å². The molecule has 0 atom stereocenters. The van der Waals surface area contributed by atoms with E-state index in [4.69, 9.17) is 5.73 Å². The number of carbonyl (C=O) groups excluding carboxylic acids is 2. The van der Waals surface area contributed by atoms with Gasteiger partial charge in [-0.15, -0.1) is 0 Å². The minimum Gasteiger partial charge on any atom is -0.347 e. The topological polar surface area (TPSA) is 82.0 Å². The van der Waals surface area contributed by atoms with Crippen LogP contribution in [0, 0.1) is 0 Å². The van der Waals surface area contributed by atoms with Crippen LogP contribution < -0.4 is 11.1 Å². The molecule has 2 aliphatic rings. The van der Waals surface area contributed by atoms with Crippen molar-refractivity contribution in [1.82, 2.24) is 14.5 Å². The summed E-state index contributed by atoms with van der Waals surface area (Å²) < 4.78 is 4.36. The van der Waals surface area contributed by atoms with Gasteiger partial charge in [0.25, 0.3) is 11.8 Å². The second-order valence-corrected chi connectivity index (χ2v) is 8.58. The maximum atomic E-state index is 13.1. The fourth-order valence-corrected chi connectivity index (χ4v) is 5.32. The lowest BCUT2D eigenvalue weighted by molar-refractivity contribution is -0.122. The highest BCUT2D eigenvalue weighted by Gasteiger charge is 2.35. The Morgan fingerprint density at radius 3 is 2.47 bits per heavy atom. The number of carbonyl (C=O) groups is 2. The SMILES string of the molecule is NCCCn1cc(C2=C(c3cn4c5c(cccc35)CCC4)C(=O)NC2=O)c2ccccc21. The summed E-state index contributed by atoms with van der Waals surface area (Å²) in [6.45, 7) is 2.28. The molecule has 160 valence electrons. The molecule has 6 rings (SSSR count). The molecule has 2 aromatic carbocycles. The molecule has 0 fully saturated rings. The fraction of sp³-hybridized carbons (Fsp3) is 0.231. The Bertz CT molecular complexity index is 1450. The van der Waals surface area contributed by atoms with Gasteiger partial charge < -0.3 is 14.9 Å². The highest BCUT2D eigenvalue weighted by atomic mass is 16.2. The molecule has 4 aromatic rings. The summed E-state index contributed by atoms with van der Waals surface area (Å²) in [5, 5.41) is 4.56. The molecule has 6 heteroatoms. The van der Waals surface area contributed by atoms with E-state index in [2.05, 4.69) is 32.8 Å². The van der Waals surface area contributed by atoms with E-state index in [1.165, 1.54) is 11.1 Å². The number of hydrogen-bond acceptors (Lipinski definition) is 3. The number of rotatable bonds is 5. The van der Waals surface area contributed by atoms with Gasteiger partial charge in [-0.25, -0.2) is 0 Å². The summed E-state index contributed by atoms with van der Waals surface area (Å²) in [5.74, 6) is -0.661. The third-order valence-electron chi connectivity index (χ3n) is 6.69. The van der Waals surface area contributed by atoms with E-state index in [0.717, 1.165) is 59.8 Å². The van der Waals surface area contributed by atoms with E-state index < -0.39 is 0 Å². The van der Waals surface area contributed by atoms with Gasteiger partial charge in [0.15, 0.2) is 0 Å². The first-order chi connectivity index (χ1) is 15.7. The van der Waals surface area contributed by atoms with Crippen LogP contribution in [0.3, 0.4) is 0 Å². The lowest BCUT2D eigenvalue weighted by Crippen LogP contribution is -2.22. The Morgan fingerprint density at radius 2 is 1.66 bits per heavy atom. The number of hydrogen-bond donors (Lipinski definition) is 2. The highest BCUT2D eigenvalue weighted by Crippen LogP contribution is 2.40. The minimum atomic E-state index is -0.335.